The van der Waals surface area contributed by atoms with Crippen molar-refractivity contribution in [1.82, 2.24) is 4.90 Å². The molecule has 1 atom stereocenters. The van der Waals surface area contributed by atoms with Crippen molar-refractivity contribution >= 4 is 12.4 Å². The number of likely N-dealkylation sites (tertiary alicyclic amines) is 1. The Labute approximate surface area is 134 Å². The first-order chi connectivity index (χ1) is 9.53. The molecule has 1 aromatic carbocycles. The Hall–Kier alpha value is -0.970. The van der Waals surface area contributed by atoms with Gasteiger partial charge in [0.25, 0.3) is 0 Å². The van der Waals surface area contributed by atoms with Crippen molar-refractivity contribution in [1.29, 1.82) is 0 Å². The molecule has 1 aliphatic heterocycles. The van der Waals surface area contributed by atoms with Gasteiger partial charge in [0.2, 0.25) is 0 Å². The van der Waals surface area contributed by atoms with Crippen molar-refractivity contribution in [2.24, 2.45) is 11.1 Å². The second-order valence-corrected chi connectivity index (χ2v) is 6.16. The van der Waals surface area contributed by atoms with E-state index in [2.05, 4.69) is 18.7 Å². The third-order valence-corrected chi connectivity index (χ3v) is 4.13. The zero-order valence-electron chi connectivity index (χ0n) is 13.2. The number of benzene rings is 1. The van der Waals surface area contributed by atoms with E-state index in [0.29, 0.717) is 12.6 Å². The SMILES string of the molecule is COc1ccccc1OCCN1CCC(N)C(C)(C)C1.Cl. The van der Waals surface area contributed by atoms with E-state index in [4.69, 9.17) is 15.2 Å². The third kappa shape index (κ3) is 4.77. The summed E-state index contributed by atoms with van der Waals surface area (Å²) in [5.74, 6) is 1.59. The number of para-hydroxylation sites is 2. The lowest BCUT2D eigenvalue weighted by Crippen LogP contribution is -2.53. The molecule has 1 aliphatic rings. The first-order valence-electron chi connectivity index (χ1n) is 7.27. The largest absolute Gasteiger partial charge is 0.493 e. The molecule has 2 N–H and O–H groups in total. The van der Waals surface area contributed by atoms with E-state index >= 15 is 0 Å². The van der Waals surface area contributed by atoms with Crippen LogP contribution in [0.4, 0.5) is 0 Å². The van der Waals surface area contributed by atoms with Gasteiger partial charge < -0.3 is 15.2 Å². The molecule has 0 aromatic heterocycles. The Morgan fingerprint density at radius 3 is 2.57 bits per heavy atom. The van der Waals surface area contributed by atoms with E-state index in [-0.39, 0.29) is 17.8 Å². The van der Waals surface area contributed by atoms with Crippen LogP contribution in [0.25, 0.3) is 0 Å². The van der Waals surface area contributed by atoms with Gasteiger partial charge in [0.15, 0.2) is 11.5 Å². The van der Waals surface area contributed by atoms with Crippen molar-refractivity contribution in [3.05, 3.63) is 24.3 Å². The first-order valence-corrected chi connectivity index (χ1v) is 7.27. The van der Waals surface area contributed by atoms with Crippen LogP contribution in [0.15, 0.2) is 24.3 Å². The number of rotatable bonds is 5. The van der Waals surface area contributed by atoms with E-state index < -0.39 is 0 Å². The van der Waals surface area contributed by atoms with E-state index in [0.717, 1.165) is 37.6 Å². The lowest BCUT2D eigenvalue weighted by atomic mass is 9.80. The summed E-state index contributed by atoms with van der Waals surface area (Å²) in [5.41, 5.74) is 6.34. The molecular weight excluding hydrogens is 288 g/mol. The fourth-order valence-corrected chi connectivity index (χ4v) is 2.70. The summed E-state index contributed by atoms with van der Waals surface area (Å²) in [6.45, 7) is 8.17. The molecule has 1 aromatic rings. The van der Waals surface area contributed by atoms with Gasteiger partial charge in [-0.15, -0.1) is 12.4 Å². The normalized spacial score (nSPS) is 21.4. The highest BCUT2D eigenvalue weighted by atomic mass is 35.5. The van der Waals surface area contributed by atoms with E-state index in [1.54, 1.807) is 7.11 Å². The Morgan fingerprint density at radius 2 is 1.95 bits per heavy atom. The quantitative estimate of drug-likeness (QED) is 0.907. The van der Waals surface area contributed by atoms with Gasteiger partial charge in [0, 0.05) is 19.1 Å². The van der Waals surface area contributed by atoms with Crippen molar-refractivity contribution < 1.29 is 9.47 Å². The topological polar surface area (TPSA) is 47.7 Å². The first kappa shape index (κ1) is 18.1. The van der Waals surface area contributed by atoms with Gasteiger partial charge in [-0.3, -0.25) is 4.90 Å². The number of nitrogens with zero attached hydrogens (tertiary/aromatic N) is 1. The highest BCUT2D eigenvalue weighted by Crippen LogP contribution is 2.28. The van der Waals surface area contributed by atoms with Crippen LogP contribution in [0.5, 0.6) is 11.5 Å². The molecule has 120 valence electrons. The van der Waals surface area contributed by atoms with Gasteiger partial charge in [0.1, 0.15) is 6.61 Å². The summed E-state index contributed by atoms with van der Waals surface area (Å²) in [7, 11) is 1.66. The molecule has 1 saturated heterocycles. The Kier molecular flexibility index (Phi) is 6.78. The minimum Gasteiger partial charge on any atom is -0.493 e. The second kappa shape index (κ2) is 7.87. The fraction of sp³-hybridized carbons (Fsp3) is 0.625. The Bertz CT molecular complexity index is 440. The monoisotopic (exact) mass is 314 g/mol. The van der Waals surface area contributed by atoms with Crippen molar-refractivity contribution in [3.8, 4) is 11.5 Å². The van der Waals surface area contributed by atoms with Gasteiger partial charge in [0.05, 0.1) is 7.11 Å². The van der Waals surface area contributed by atoms with Crippen LogP contribution in [0.1, 0.15) is 20.3 Å². The summed E-state index contributed by atoms with van der Waals surface area (Å²) >= 11 is 0. The van der Waals surface area contributed by atoms with Crippen LogP contribution in [0, 0.1) is 5.41 Å². The number of nitrogens with two attached hydrogens (primary N) is 1. The highest BCUT2D eigenvalue weighted by molar-refractivity contribution is 5.85. The zero-order chi connectivity index (χ0) is 14.6. The highest BCUT2D eigenvalue weighted by Gasteiger charge is 2.33. The van der Waals surface area contributed by atoms with E-state index in [1.165, 1.54) is 0 Å². The molecule has 0 aliphatic carbocycles. The van der Waals surface area contributed by atoms with Crippen LogP contribution in [0.2, 0.25) is 0 Å². The minimum atomic E-state index is 0. The number of hydrogen-bond donors (Lipinski definition) is 1. The molecule has 0 amide bonds. The number of halogens is 1. The molecule has 21 heavy (non-hydrogen) atoms. The number of piperidine rings is 1. The Balaban J connectivity index is 0.00000220. The van der Waals surface area contributed by atoms with Gasteiger partial charge in [-0.2, -0.15) is 0 Å². The van der Waals surface area contributed by atoms with Gasteiger partial charge in [-0.25, -0.2) is 0 Å². The van der Waals surface area contributed by atoms with Crippen LogP contribution < -0.4 is 15.2 Å². The predicted molar refractivity (Wildman–Crippen MR) is 88.6 cm³/mol. The second-order valence-electron chi connectivity index (χ2n) is 6.16. The lowest BCUT2D eigenvalue weighted by Gasteiger charge is -2.42. The van der Waals surface area contributed by atoms with Gasteiger partial charge in [-0.1, -0.05) is 26.0 Å². The van der Waals surface area contributed by atoms with Gasteiger partial charge in [-0.05, 0) is 30.5 Å². The maximum absolute atomic E-state index is 6.16. The molecule has 2 rings (SSSR count). The van der Waals surface area contributed by atoms with Crippen LogP contribution in [-0.4, -0.2) is 44.3 Å². The lowest BCUT2D eigenvalue weighted by molar-refractivity contribution is 0.0827. The van der Waals surface area contributed by atoms with E-state index in [9.17, 15) is 0 Å². The average Bonchev–Trinajstić information content (AvgIpc) is 2.43. The summed E-state index contributed by atoms with van der Waals surface area (Å²) in [6, 6.07) is 8.06. The molecule has 1 fully saturated rings. The number of hydrogen-bond acceptors (Lipinski definition) is 4. The minimum absolute atomic E-state index is 0. The van der Waals surface area contributed by atoms with Crippen molar-refractivity contribution in [2.45, 2.75) is 26.3 Å². The molecule has 0 radical (unpaired) electrons. The molecule has 0 saturated carbocycles. The summed E-state index contributed by atoms with van der Waals surface area (Å²) in [6.07, 6.45) is 1.06. The molecule has 5 heteroatoms. The molecule has 0 bridgehead atoms. The third-order valence-electron chi connectivity index (χ3n) is 4.13. The zero-order valence-corrected chi connectivity index (χ0v) is 14.0. The number of ether oxygens (including phenoxy) is 2. The standard InChI is InChI=1S/C16H26N2O2.ClH/c1-16(2)12-18(9-8-15(16)17)10-11-20-14-7-5-4-6-13(14)19-3;/h4-7,15H,8-12,17H2,1-3H3;1H. The molecule has 1 heterocycles. The average molecular weight is 315 g/mol. The fourth-order valence-electron chi connectivity index (χ4n) is 2.70. The maximum Gasteiger partial charge on any atom is 0.161 e. The molecule has 1 unspecified atom stereocenters. The summed E-state index contributed by atoms with van der Waals surface area (Å²) < 4.78 is 11.1. The van der Waals surface area contributed by atoms with Gasteiger partial charge >= 0.3 is 0 Å². The Morgan fingerprint density at radius 1 is 1.29 bits per heavy atom. The molecular formula is C16H27ClN2O2. The summed E-state index contributed by atoms with van der Waals surface area (Å²) in [4.78, 5) is 2.43. The predicted octanol–water partition coefficient (Wildman–Crippen LogP) is 2.56. The van der Waals surface area contributed by atoms with Crippen molar-refractivity contribution in [3.63, 3.8) is 0 Å². The summed E-state index contributed by atoms with van der Waals surface area (Å²) in [5, 5.41) is 0. The van der Waals surface area contributed by atoms with E-state index in [1.807, 2.05) is 24.3 Å². The van der Waals surface area contributed by atoms with Crippen LogP contribution >= 0.6 is 12.4 Å². The molecule has 4 nitrogen and oxygen atoms in total. The number of methoxy groups -OCH3 is 1. The maximum atomic E-state index is 6.16. The van der Waals surface area contributed by atoms with Crippen LogP contribution in [-0.2, 0) is 0 Å². The smallest absolute Gasteiger partial charge is 0.161 e. The van der Waals surface area contributed by atoms with Crippen molar-refractivity contribution in [2.75, 3.05) is 33.4 Å². The molecule has 0 spiro atoms. The van der Waals surface area contributed by atoms with Crippen LogP contribution in [0.3, 0.4) is 0 Å².